The smallest absolute Gasteiger partial charge is 0.222 e. The quantitative estimate of drug-likeness (QED) is 0.709. The van der Waals surface area contributed by atoms with Gasteiger partial charge in [0.25, 0.3) is 0 Å². The van der Waals surface area contributed by atoms with Crippen LogP contribution < -0.4 is 0 Å². The molecule has 2 saturated heterocycles. The number of nitrogens with zero attached hydrogens (tertiary/aromatic N) is 2. The van der Waals surface area contributed by atoms with Crippen LogP contribution in [0.5, 0.6) is 0 Å². The second-order valence-corrected chi connectivity index (χ2v) is 4.62. The molecular weight excluding hydrogens is 192 g/mol. The molecule has 0 saturated carbocycles. The molecule has 1 unspecified atom stereocenters. The van der Waals surface area contributed by atoms with E-state index in [1.807, 2.05) is 4.90 Å². The van der Waals surface area contributed by atoms with Gasteiger partial charge in [0.05, 0.1) is 0 Å². The van der Waals surface area contributed by atoms with Crippen molar-refractivity contribution in [2.75, 3.05) is 39.3 Å². The summed E-state index contributed by atoms with van der Waals surface area (Å²) >= 11 is 0. The van der Waals surface area contributed by atoms with Gasteiger partial charge in [-0.3, -0.25) is 4.79 Å². The summed E-state index contributed by atoms with van der Waals surface area (Å²) in [5.74, 6) is 0.771. The topological polar surface area (TPSA) is 43.8 Å². The molecule has 15 heavy (non-hydrogen) atoms. The summed E-state index contributed by atoms with van der Waals surface area (Å²) in [6.45, 7) is 5.17. The van der Waals surface area contributed by atoms with E-state index in [0.717, 1.165) is 52.0 Å². The lowest BCUT2D eigenvalue weighted by Crippen LogP contribution is -2.34. The Bertz CT molecular complexity index is 233. The van der Waals surface area contributed by atoms with Gasteiger partial charge < -0.3 is 14.9 Å². The molecule has 0 aromatic rings. The van der Waals surface area contributed by atoms with E-state index in [4.69, 9.17) is 5.11 Å². The molecule has 1 amide bonds. The minimum absolute atomic E-state index is 0.305. The van der Waals surface area contributed by atoms with Crippen LogP contribution in [-0.4, -0.2) is 60.1 Å². The molecule has 0 bridgehead atoms. The molecular formula is C11H20N2O2. The fourth-order valence-corrected chi connectivity index (χ4v) is 2.47. The third-order valence-corrected chi connectivity index (χ3v) is 3.49. The second-order valence-electron chi connectivity index (χ2n) is 4.62. The Morgan fingerprint density at radius 2 is 2.20 bits per heavy atom. The lowest BCUT2D eigenvalue weighted by molar-refractivity contribution is -0.127. The molecule has 2 heterocycles. The van der Waals surface area contributed by atoms with Crippen molar-refractivity contribution in [2.45, 2.75) is 19.3 Å². The largest absolute Gasteiger partial charge is 0.396 e. The Labute approximate surface area is 90.9 Å². The lowest BCUT2D eigenvalue weighted by atomic mass is 10.1. The van der Waals surface area contributed by atoms with Gasteiger partial charge in [0, 0.05) is 39.2 Å². The zero-order valence-corrected chi connectivity index (χ0v) is 9.19. The molecule has 1 N–H and O–H groups in total. The molecule has 4 heteroatoms. The molecule has 1 atom stereocenters. The summed E-state index contributed by atoms with van der Waals surface area (Å²) in [5.41, 5.74) is 0. The van der Waals surface area contributed by atoms with E-state index in [-0.39, 0.29) is 0 Å². The molecule has 0 aliphatic carbocycles. The van der Waals surface area contributed by atoms with Crippen molar-refractivity contribution in [1.29, 1.82) is 0 Å². The normalized spacial score (nSPS) is 27.9. The molecule has 2 aliphatic rings. The zero-order chi connectivity index (χ0) is 10.7. The predicted octanol–water partition coefficient (Wildman–Crippen LogP) is -0.0770. The van der Waals surface area contributed by atoms with Crippen molar-refractivity contribution < 1.29 is 9.90 Å². The Hall–Kier alpha value is -0.610. The van der Waals surface area contributed by atoms with Gasteiger partial charge in [-0.15, -0.1) is 0 Å². The number of carbonyl (C=O) groups is 1. The third-order valence-electron chi connectivity index (χ3n) is 3.49. The number of carbonyl (C=O) groups excluding carboxylic acids is 1. The summed E-state index contributed by atoms with van der Waals surface area (Å²) in [6, 6.07) is 0. The average molecular weight is 212 g/mol. The Morgan fingerprint density at radius 1 is 1.33 bits per heavy atom. The standard InChI is InChI=1S/C11H20N2O2/c14-9-10-3-5-12(8-10)6-7-13-4-1-2-11(13)15/h10,14H,1-9H2. The van der Waals surface area contributed by atoms with Crippen LogP contribution >= 0.6 is 0 Å². The van der Waals surface area contributed by atoms with E-state index < -0.39 is 0 Å². The first-order valence-electron chi connectivity index (χ1n) is 5.90. The Kier molecular flexibility index (Phi) is 3.59. The summed E-state index contributed by atoms with van der Waals surface area (Å²) < 4.78 is 0. The highest BCUT2D eigenvalue weighted by Gasteiger charge is 2.24. The van der Waals surface area contributed by atoms with Gasteiger partial charge in [-0.2, -0.15) is 0 Å². The van der Waals surface area contributed by atoms with Gasteiger partial charge in [0.2, 0.25) is 5.91 Å². The predicted molar refractivity (Wildman–Crippen MR) is 57.4 cm³/mol. The van der Waals surface area contributed by atoms with E-state index in [1.165, 1.54) is 0 Å². The minimum atomic E-state index is 0.305. The number of hydrogen-bond acceptors (Lipinski definition) is 3. The Morgan fingerprint density at radius 3 is 2.80 bits per heavy atom. The molecule has 2 aliphatic heterocycles. The first-order chi connectivity index (χ1) is 7.29. The summed E-state index contributed by atoms with van der Waals surface area (Å²) in [6.07, 6.45) is 2.86. The molecule has 0 aromatic heterocycles. The number of aliphatic hydroxyl groups excluding tert-OH is 1. The van der Waals surface area contributed by atoms with Crippen molar-refractivity contribution in [1.82, 2.24) is 9.80 Å². The fraction of sp³-hybridized carbons (Fsp3) is 0.909. The SMILES string of the molecule is O=C1CCCN1CCN1CCC(CO)C1. The molecule has 2 rings (SSSR count). The van der Waals surface area contributed by atoms with Crippen LogP contribution in [0.2, 0.25) is 0 Å². The van der Waals surface area contributed by atoms with Crippen molar-refractivity contribution in [3.63, 3.8) is 0 Å². The maximum absolute atomic E-state index is 11.4. The van der Waals surface area contributed by atoms with Crippen LogP contribution in [0.15, 0.2) is 0 Å². The highest BCUT2D eigenvalue weighted by Crippen LogP contribution is 2.16. The van der Waals surface area contributed by atoms with Gasteiger partial charge in [0.1, 0.15) is 0 Å². The molecule has 86 valence electrons. The second kappa shape index (κ2) is 4.94. The van der Waals surface area contributed by atoms with Gasteiger partial charge in [0.15, 0.2) is 0 Å². The molecule has 0 radical (unpaired) electrons. The maximum atomic E-state index is 11.4. The van der Waals surface area contributed by atoms with Crippen molar-refractivity contribution >= 4 is 5.91 Å². The van der Waals surface area contributed by atoms with E-state index in [2.05, 4.69) is 4.90 Å². The van der Waals surface area contributed by atoms with Gasteiger partial charge in [-0.05, 0) is 25.3 Å². The summed E-state index contributed by atoms with van der Waals surface area (Å²) in [4.78, 5) is 15.7. The highest BCUT2D eigenvalue weighted by atomic mass is 16.3. The molecule has 0 spiro atoms. The van der Waals surface area contributed by atoms with Crippen LogP contribution in [0.3, 0.4) is 0 Å². The van der Waals surface area contributed by atoms with Gasteiger partial charge in [-0.1, -0.05) is 0 Å². The number of aliphatic hydroxyl groups is 1. The molecule has 0 aromatic carbocycles. The first-order valence-corrected chi connectivity index (χ1v) is 5.90. The number of hydrogen-bond donors (Lipinski definition) is 1. The van der Waals surface area contributed by atoms with Crippen molar-refractivity contribution in [2.24, 2.45) is 5.92 Å². The number of rotatable bonds is 4. The number of amides is 1. The molecule has 4 nitrogen and oxygen atoms in total. The van der Waals surface area contributed by atoms with Gasteiger partial charge >= 0.3 is 0 Å². The monoisotopic (exact) mass is 212 g/mol. The third kappa shape index (κ3) is 2.69. The van der Waals surface area contributed by atoms with Crippen LogP contribution in [0.1, 0.15) is 19.3 Å². The maximum Gasteiger partial charge on any atom is 0.222 e. The Balaban J connectivity index is 1.68. The van der Waals surface area contributed by atoms with E-state index in [9.17, 15) is 4.79 Å². The van der Waals surface area contributed by atoms with Crippen molar-refractivity contribution in [3.05, 3.63) is 0 Å². The summed E-state index contributed by atoms with van der Waals surface area (Å²) in [7, 11) is 0. The van der Waals surface area contributed by atoms with E-state index >= 15 is 0 Å². The number of likely N-dealkylation sites (tertiary alicyclic amines) is 2. The van der Waals surface area contributed by atoms with E-state index in [0.29, 0.717) is 18.4 Å². The van der Waals surface area contributed by atoms with Gasteiger partial charge in [-0.25, -0.2) is 0 Å². The minimum Gasteiger partial charge on any atom is -0.396 e. The molecule has 2 fully saturated rings. The first kappa shape index (κ1) is 10.9. The van der Waals surface area contributed by atoms with Crippen LogP contribution in [0.4, 0.5) is 0 Å². The average Bonchev–Trinajstić information content (AvgIpc) is 2.84. The highest BCUT2D eigenvalue weighted by molar-refractivity contribution is 5.78. The fourth-order valence-electron chi connectivity index (χ4n) is 2.47. The van der Waals surface area contributed by atoms with Crippen LogP contribution in [-0.2, 0) is 4.79 Å². The van der Waals surface area contributed by atoms with Crippen LogP contribution in [0.25, 0.3) is 0 Å². The zero-order valence-electron chi connectivity index (χ0n) is 9.19. The van der Waals surface area contributed by atoms with E-state index in [1.54, 1.807) is 0 Å². The lowest BCUT2D eigenvalue weighted by Gasteiger charge is -2.21. The van der Waals surface area contributed by atoms with Crippen molar-refractivity contribution in [3.8, 4) is 0 Å². The summed E-state index contributed by atoms with van der Waals surface area (Å²) in [5, 5.41) is 9.01. The van der Waals surface area contributed by atoms with Crippen LogP contribution in [0, 0.1) is 5.92 Å².